The van der Waals surface area contributed by atoms with Crippen molar-refractivity contribution < 1.29 is 51.6 Å². The Kier molecular flexibility index (Phi) is 12.1. The predicted molar refractivity (Wildman–Crippen MR) is 187 cm³/mol. The van der Waals surface area contributed by atoms with Crippen LogP contribution in [0.25, 0.3) is 0 Å². The van der Waals surface area contributed by atoms with Gasteiger partial charge in [-0.3, -0.25) is 0 Å². The maximum atomic E-state index is 6.05. The number of benzene rings is 7. The summed E-state index contributed by atoms with van der Waals surface area (Å²) in [5, 5.41) is 0. The van der Waals surface area contributed by atoms with Crippen LogP contribution in [0, 0.1) is 12.1 Å². The average molecular weight is 962 g/mol. The third-order valence-corrected chi connectivity index (χ3v) is 7.43. The van der Waals surface area contributed by atoms with E-state index in [-0.39, 0.29) is 42.1 Å². The molecule has 0 atom stereocenters. The molecule has 0 saturated heterocycles. The molecule has 0 aliphatic heterocycles. The number of hydrogen-bond acceptors (Lipinski definition) is 4. The monoisotopic (exact) mass is 962 g/mol. The van der Waals surface area contributed by atoms with Gasteiger partial charge in [-0.05, 0) is 97.1 Å². The normalized spacial score (nSPS) is 10.2. The Morgan fingerprint density at radius 2 is 0.542 bits per heavy atom. The van der Waals surface area contributed by atoms with Crippen molar-refractivity contribution in [1.82, 2.24) is 0 Å². The number of rotatable bonds is 10. The fraction of sp³-hybridized carbons (Fsp3) is 0. The summed E-state index contributed by atoms with van der Waals surface area (Å²) < 4.78 is 12.1. The van der Waals surface area contributed by atoms with E-state index in [0.29, 0.717) is 0 Å². The van der Waals surface area contributed by atoms with Gasteiger partial charge in [-0.15, -0.1) is 24.3 Å². The summed E-state index contributed by atoms with van der Waals surface area (Å²) >= 11 is 0. The molecule has 0 saturated carbocycles. The van der Waals surface area contributed by atoms with Crippen LogP contribution in [0.2, 0.25) is 0 Å². The molecule has 0 aromatic heterocycles. The van der Waals surface area contributed by atoms with Crippen molar-refractivity contribution in [2.24, 2.45) is 0 Å². The van der Waals surface area contributed by atoms with Crippen molar-refractivity contribution in [2.75, 3.05) is 9.80 Å². The Hall–Kier alpha value is -4.88. The van der Waals surface area contributed by atoms with E-state index >= 15 is 0 Å². The molecule has 0 unspecified atom stereocenters. The van der Waals surface area contributed by atoms with E-state index in [1.165, 1.54) is 0 Å². The van der Waals surface area contributed by atoms with Gasteiger partial charge in [-0.25, -0.2) is 0 Å². The molecule has 7 aromatic rings. The molecule has 0 spiro atoms. The first-order valence-corrected chi connectivity index (χ1v) is 15.1. The van der Waals surface area contributed by atoms with E-state index in [2.05, 4.69) is 94.7 Å². The van der Waals surface area contributed by atoms with Gasteiger partial charge in [0, 0.05) is 64.9 Å². The van der Waals surface area contributed by atoms with Gasteiger partial charge in [0.25, 0.3) is 0 Å². The standard InChI is InChI=1S/C42H30N2O2.2W/c1-5-13-33(14-6-1)43(37-25-29-41(30-26-37)45-39-17-9-3-10-18-39)35-21-23-36(24-22-35)44(34-15-7-2-8-16-34)38-27-31-42(32-28-38)46-40-19-11-4-12-20-40;;/h3-32H;;/q-2;;. The zero-order chi connectivity index (χ0) is 31.0. The summed E-state index contributed by atoms with van der Waals surface area (Å²) in [5.74, 6) is 3.17. The van der Waals surface area contributed by atoms with Crippen LogP contribution in [0.3, 0.4) is 0 Å². The van der Waals surface area contributed by atoms with Crippen LogP contribution in [0.1, 0.15) is 0 Å². The molecule has 0 bridgehead atoms. The second-order valence-electron chi connectivity index (χ2n) is 10.5. The summed E-state index contributed by atoms with van der Waals surface area (Å²) in [6.45, 7) is 0. The van der Waals surface area contributed by atoms with Crippen LogP contribution in [0.15, 0.2) is 182 Å². The molecule has 0 radical (unpaired) electrons. The molecular formula is C42H30N2O2W2-2. The number of para-hydroxylation sites is 2. The molecular weight excluding hydrogens is 932 g/mol. The molecule has 0 amide bonds. The van der Waals surface area contributed by atoms with E-state index < -0.39 is 0 Å². The van der Waals surface area contributed by atoms with Gasteiger partial charge in [-0.2, -0.15) is 36.4 Å². The Balaban J connectivity index is 0.00000225. The minimum absolute atomic E-state index is 0. The first kappa shape index (κ1) is 34.5. The third kappa shape index (κ3) is 8.33. The second kappa shape index (κ2) is 16.8. The number of hydrogen-bond donors (Lipinski definition) is 0. The molecule has 7 rings (SSSR count). The molecule has 0 N–H and O–H groups in total. The van der Waals surface area contributed by atoms with Crippen molar-refractivity contribution in [1.29, 1.82) is 0 Å². The Labute approximate surface area is 310 Å². The van der Waals surface area contributed by atoms with Crippen molar-refractivity contribution in [3.63, 3.8) is 0 Å². The summed E-state index contributed by atoms with van der Waals surface area (Å²) in [4.78, 5) is 4.45. The summed E-state index contributed by atoms with van der Waals surface area (Å²) in [5.41, 5.74) is 6.16. The molecule has 0 aliphatic rings. The smallest absolute Gasteiger partial charge is 0.127 e. The van der Waals surface area contributed by atoms with Gasteiger partial charge in [-0.1, -0.05) is 47.8 Å². The van der Waals surface area contributed by atoms with Crippen molar-refractivity contribution in [2.45, 2.75) is 0 Å². The molecule has 234 valence electrons. The average Bonchev–Trinajstić information content (AvgIpc) is 3.12. The van der Waals surface area contributed by atoms with E-state index in [9.17, 15) is 0 Å². The SMILES string of the molecule is [W].[W].[c-]1ccc(N(c2ccc(Oc3ccccc3)cc2)c2ccc(N(c3cc[c-]cc3)c3ccc(Oc4ccccc4)cc3)cc2)cc1. The number of ether oxygens (including phenoxy) is 2. The Bertz CT molecular complexity index is 1810. The molecule has 4 nitrogen and oxygen atoms in total. The molecule has 0 fully saturated rings. The zero-order valence-electron chi connectivity index (χ0n) is 25.8. The quantitative estimate of drug-likeness (QED) is 0.128. The van der Waals surface area contributed by atoms with Gasteiger partial charge < -0.3 is 19.3 Å². The first-order valence-electron chi connectivity index (χ1n) is 15.1. The maximum Gasteiger partial charge on any atom is 0.127 e. The van der Waals surface area contributed by atoms with Crippen LogP contribution >= 0.6 is 0 Å². The molecule has 0 heterocycles. The van der Waals surface area contributed by atoms with Crippen LogP contribution in [-0.4, -0.2) is 0 Å². The Morgan fingerprint density at radius 3 is 0.854 bits per heavy atom. The fourth-order valence-corrected chi connectivity index (χ4v) is 5.28. The summed E-state index contributed by atoms with van der Waals surface area (Å²) in [6, 6.07) is 66.8. The van der Waals surface area contributed by atoms with Crippen molar-refractivity contribution >= 4 is 34.1 Å². The van der Waals surface area contributed by atoms with Gasteiger partial charge in [0.15, 0.2) is 0 Å². The van der Waals surface area contributed by atoms with Gasteiger partial charge in [0.05, 0.1) is 0 Å². The molecule has 6 heteroatoms. The summed E-state index contributed by atoms with van der Waals surface area (Å²) in [7, 11) is 0. The van der Waals surface area contributed by atoms with Gasteiger partial charge >= 0.3 is 0 Å². The maximum absolute atomic E-state index is 6.05. The minimum atomic E-state index is 0. The van der Waals surface area contributed by atoms with E-state index in [1.807, 2.05) is 109 Å². The number of anilines is 6. The van der Waals surface area contributed by atoms with Crippen LogP contribution in [-0.2, 0) is 42.1 Å². The summed E-state index contributed by atoms with van der Waals surface area (Å²) in [6.07, 6.45) is 0. The van der Waals surface area contributed by atoms with E-state index in [4.69, 9.17) is 9.47 Å². The number of nitrogens with zero attached hydrogens (tertiary/aromatic N) is 2. The molecule has 7 aromatic carbocycles. The first-order chi connectivity index (χ1) is 22.8. The molecule has 0 aliphatic carbocycles. The van der Waals surface area contributed by atoms with Crippen LogP contribution in [0.5, 0.6) is 23.0 Å². The van der Waals surface area contributed by atoms with E-state index in [0.717, 1.165) is 57.1 Å². The topological polar surface area (TPSA) is 24.9 Å². The zero-order valence-corrected chi connectivity index (χ0v) is 31.7. The minimum Gasteiger partial charge on any atom is -0.457 e. The largest absolute Gasteiger partial charge is 0.457 e. The van der Waals surface area contributed by atoms with Crippen LogP contribution < -0.4 is 19.3 Å². The predicted octanol–water partition coefficient (Wildman–Crippen LogP) is 11.8. The Morgan fingerprint density at radius 1 is 0.292 bits per heavy atom. The van der Waals surface area contributed by atoms with E-state index in [1.54, 1.807) is 0 Å². The van der Waals surface area contributed by atoms with Gasteiger partial charge in [0.2, 0.25) is 0 Å². The van der Waals surface area contributed by atoms with Crippen LogP contribution in [0.4, 0.5) is 34.1 Å². The van der Waals surface area contributed by atoms with Crippen molar-refractivity contribution in [3.05, 3.63) is 194 Å². The fourth-order valence-electron chi connectivity index (χ4n) is 5.28. The van der Waals surface area contributed by atoms with Gasteiger partial charge in [0.1, 0.15) is 23.0 Å². The second-order valence-corrected chi connectivity index (χ2v) is 10.5. The third-order valence-electron chi connectivity index (χ3n) is 7.43. The molecule has 48 heavy (non-hydrogen) atoms. The van der Waals surface area contributed by atoms with Crippen molar-refractivity contribution in [3.8, 4) is 23.0 Å².